The van der Waals surface area contributed by atoms with Gasteiger partial charge >= 0.3 is 24.6 Å². The molecule has 2 heterocycles. The lowest BCUT2D eigenvalue weighted by Crippen LogP contribution is -2.48. The van der Waals surface area contributed by atoms with Crippen LogP contribution < -0.4 is 15.5 Å². The number of carbonyl (C=O) groups excluding carboxylic acids is 1. The van der Waals surface area contributed by atoms with Crippen molar-refractivity contribution in [1.29, 1.82) is 0 Å². The molecule has 0 saturated carbocycles. The molecule has 47 heavy (non-hydrogen) atoms. The number of hydrogen-bond donors (Lipinski definition) is 1. The topological polar surface area (TPSA) is 102 Å². The predicted octanol–water partition coefficient (Wildman–Crippen LogP) is 7.36. The highest BCUT2D eigenvalue weighted by atomic mass is 19.4. The molecule has 0 unspecified atom stereocenters. The van der Waals surface area contributed by atoms with Crippen LogP contribution in [-0.2, 0) is 36.4 Å². The van der Waals surface area contributed by atoms with E-state index in [2.05, 4.69) is 15.4 Å². The van der Waals surface area contributed by atoms with E-state index >= 15 is 0 Å². The SMILES string of the molecule is CCC[C@H]1C[C@@H](N(Cc2cc(C(F)(F)F)cc(C(F)(F)F)c2)c2nnn(CCN)n2)c2cc(C(F)(F)F)ccc2N1C(=O)OC(C)C. The number of benzene rings is 2. The molecular formula is C29H32F9N7O2. The molecule has 0 spiro atoms. The number of nitrogens with zero attached hydrogens (tertiary/aromatic N) is 6. The highest BCUT2D eigenvalue weighted by Gasteiger charge is 2.43. The first-order valence-corrected chi connectivity index (χ1v) is 14.6. The van der Waals surface area contributed by atoms with Crippen molar-refractivity contribution in [2.75, 3.05) is 16.3 Å². The fourth-order valence-corrected chi connectivity index (χ4v) is 5.47. The smallest absolute Gasteiger partial charge is 0.416 e. The minimum Gasteiger partial charge on any atom is -0.446 e. The van der Waals surface area contributed by atoms with Crippen LogP contribution >= 0.6 is 0 Å². The van der Waals surface area contributed by atoms with Crippen LogP contribution in [0.25, 0.3) is 0 Å². The molecule has 3 aromatic rings. The molecule has 0 radical (unpaired) electrons. The largest absolute Gasteiger partial charge is 0.446 e. The van der Waals surface area contributed by atoms with E-state index in [-0.39, 0.29) is 42.8 Å². The van der Waals surface area contributed by atoms with E-state index in [0.717, 1.165) is 23.0 Å². The van der Waals surface area contributed by atoms with E-state index in [9.17, 15) is 44.3 Å². The number of anilines is 2. The van der Waals surface area contributed by atoms with Crippen LogP contribution in [0.1, 0.15) is 73.9 Å². The van der Waals surface area contributed by atoms with Crippen LogP contribution in [-0.4, -0.2) is 45.0 Å². The number of amides is 1. The van der Waals surface area contributed by atoms with Crippen molar-refractivity contribution in [1.82, 2.24) is 20.2 Å². The molecule has 0 saturated heterocycles. The molecule has 4 rings (SSSR count). The van der Waals surface area contributed by atoms with E-state index < -0.39 is 71.6 Å². The van der Waals surface area contributed by atoms with E-state index in [1.54, 1.807) is 13.8 Å². The first kappa shape index (κ1) is 35.8. The molecule has 0 aliphatic carbocycles. The second-order valence-electron chi connectivity index (χ2n) is 11.3. The van der Waals surface area contributed by atoms with Crippen molar-refractivity contribution in [3.8, 4) is 0 Å². The fraction of sp³-hybridized carbons (Fsp3) is 0.517. The molecule has 2 aromatic carbocycles. The van der Waals surface area contributed by atoms with Gasteiger partial charge in [0.25, 0.3) is 5.95 Å². The Morgan fingerprint density at radius 2 is 1.60 bits per heavy atom. The van der Waals surface area contributed by atoms with Crippen molar-refractivity contribution < 1.29 is 49.0 Å². The molecule has 1 aromatic heterocycles. The highest BCUT2D eigenvalue weighted by molar-refractivity contribution is 5.90. The molecule has 0 fully saturated rings. The van der Waals surface area contributed by atoms with Gasteiger partial charge in [0, 0.05) is 19.1 Å². The number of tetrazole rings is 1. The van der Waals surface area contributed by atoms with E-state index in [1.807, 2.05) is 6.92 Å². The van der Waals surface area contributed by atoms with Gasteiger partial charge in [-0.25, -0.2) is 4.79 Å². The first-order valence-electron chi connectivity index (χ1n) is 14.6. The standard InChI is InChI=1S/C29H32F9N7O2/c1-4-5-21-14-24(22-13-18(27(30,31)32)6-7-23(22)45(21)26(46)47-16(2)3)43(25-40-42-44(41-25)9-8-39)15-17-10-19(28(33,34)35)12-20(11-17)29(36,37)38/h6-7,10-13,16,21,24H,4-5,8-9,14-15,39H2,1-3H3/t21-,24+/m0/s1. The average molecular weight is 682 g/mol. The summed E-state index contributed by atoms with van der Waals surface area (Å²) in [6.45, 7) is 4.38. The normalized spacial score (nSPS) is 17.2. The number of carbonyl (C=O) groups is 1. The van der Waals surface area contributed by atoms with Crippen LogP contribution in [0.2, 0.25) is 0 Å². The zero-order chi connectivity index (χ0) is 34.9. The third kappa shape index (κ3) is 8.26. The molecular weight excluding hydrogens is 649 g/mol. The Morgan fingerprint density at radius 1 is 0.979 bits per heavy atom. The van der Waals surface area contributed by atoms with Crippen molar-refractivity contribution in [3.63, 3.8) is 0 Å². The maximum Gasteiger partial charge on any atom is 0.416 e. The second kappa shape index (κ2) is 13.6. The summed E-state index contributed by atoms with van der Waals surface area (Å²) < 4.78 is 130. The Balaban J connectivity index is 1.96. The molecule has 1 aliphatic rings. The Bertz CT molecular complexity index is 1520. The number of ether oxygens (including phenoxy) is 1. The maximum atomic E-state index is 14.0. The van der Waals surface area contributed by atoms with Crippen molar-refractivity contribution in [2.24, 2.45) is 5.73 Å². The average Bonchev–Trinajstić information content (AvgIpc) is 3.42. The van der Waals surface area contributed by atoms with E-state index in [0.29, 0.717) is 25.0 Å². The zero-order valence-corrected chi connectivity index (χ0v) is 25.4. The van der Waals surface area contributed by atoms with Gasteiger partial charge in [-0.3, -0.25) is 4.90 Å². The Kier molecular flexibility index (Phi) is 10.3. The molecule has 2 N–H and O–H groups in total. The maximum absolute atomic E-state index is 14.0. The van der Waals surface area contributed by atoms with Crippen LogP contribution in [0, 0.1) is 0 Å². The van der Waals surface area contributed by atoms with Crippen LogP contribution in [0.4, 0.5) is 55.9 Å². The molecule has 258 valence electrons. The number of halogens is 9. The number of fused-ring (bicyclic) bond motifs is 1. The zero-order valence-electron chi connectivity index (χ0n) is 25.4. The van der Waals surface area contributed by atoms with Gasteiger partial charge < -0.3 is 15.4 Å². The predicted molar refractivity (Wildman–Crippen MR) is 151 cm³/mol. The summed E-state index contributed by atoms with van der Waals surface area (Å²) in [5, 5.41) is 12.0. The van der Waals surface area contributed by atoms with Crippen molar-refractivity contribution in [2.45, 2.75) is 89.8 Å². The molecule has 0 bridgehead atoms. The molecule has 9 nitrogen and oxygen atoms in total. The summed E-state index contributed by atoms with van der Waals surface area (Å²) >= 11 is 0. The molecule has 1 aliphatic heterocycles. The molecule has 1 amide bonds. The van der Waals surface area contributed by atoms with Gasteiger partial charge in [0.2, 0.25) is 0 Å². The van der Waals surface area contributed by atoms with Crippen molar-refractivity contribution >= 4 is 17.7 Å². The van der Waals surface area contributed by atoms with Crippen LogP contribution in [0.15, 0.2) is 36.4 Å². The lowest BCUT2D eigenvalue weighted by atomic mass is 9.87. The number of hydrogen-bond acceptors (Lipinski definition) is 7. The van der Waals surface area contributed by atoms with E-state index in [1.165, 1.54) is 9.80 Å². The second-order valence-corrected chi connectivity index (χ2v) is 11.3. The van der Waals surface area contributed by atoms with Gasteiger partial charge in [0.05, 0.1) is 41.1 Å². The highest BCUT2D eigenvalue weighted by Crippen LogP contribution is 2.46. The summed E-state index contributed by atoms with van der Waals surface area (Å²) in [6.07, 6.45) is -15.8. The Labute approximate surface area is 263 Å². The van der Waals surface area contributed by atoms with Gasteiger partial charge in [0.15, 0.2) is 0 Å². The van der Waals surface area contributed by atoms with Crippen LogP contribution in [0.5, 0.6) is 0 Å². The minimum atomic E-state index is -5.15. The van der Waals surface area contributed by atoms with Crippen molar-refractivity contribution in [3.05, 3.63) is 64.2 Å². The molecule has 18 heteroatoms. The lowest BCUT2D eigenvalue weighted by molar-refractivity contribution is -0.143. The molecule has 2 atom stereocenters. The Hall–Kier alpha value is -4.09. The summed E-state index contributed by atoms with van der Waals surface area (Å²) in [6, 6.07) is 1.82. The summed E-state index contributed by atoms with van der Waals surface area (Å²) in [4.78, 5) is 16.8. The van der Waals surface area contributed by atoms with Gasteiger partial charge in [-0.2, -0.15) is 44.3 Å². The van der Waals surface area contributed by atoms with Gasteiger partial charge in [-0.15, -0.1) is 5.10 Å². The van der Waals surface area contributed by atoms with Gasteiger partial charge in [0.1, 0.15) is 0 Å². The van der Waals surface area contributed by atoms with Crippen LogP contribution in [0.3, 0.4) is 0 Å². The third-order valence-electron chi connectivity index (χ3n) is 7.39. The lowest BCUT2D eigenvalue weighted by Gasteiger charge is -2.44. The minimum absolute atomic E-state index is 0.0232. The summed E-state index contributed by atoms with van der Waals surface area (Å²) in [5.41, 5.74) is 0.795. The number of nitrogens with two attached hydrogens (primary N) is 1. The van der Waals surface area contributed by atoms with E-state index in [4.69, 9.17) is 10.5 Å². The first-order chi connectivity index (χ1) is 21.8. The third-order valence-corrected chi connectivity index (χ3v) is 7.39. The Morgan fingerprint density at radius 3 is 2.13 bits per heavy atom. The monoisotopic (exact) mass is 681 g/mol. The summed E-state index contributed by atoms with van der Waals surface area (Å²) in [5.74, 6) is -0.286. The number of aromatic nitrogens is 4. The summed E-state index contributed by atoms with van der Waals surface area (Å²) in [7, 11) is 0. The number of rotatable bonds is 9. The van der Waals surface area contributed by atoms with Gasteiger partial charge in [-0.05, 0) is 79.4 Å². The fourth-order valence-electron chi connectivity index (χ4n) is 5.47. The quantitative estimate of drug-likeness (QED) is 0.236. The number of alkyl halides is 9. The van der Waals surface area contributed by atoms with Gasteiger partial charge in [-0.1, -0.05) is 18.4 Å².